The second-order valence-electron chi connectivity index (χ2n) is 6.39. The molecular formula is C21H20N4OS. The predicted octanol–water partition coefficient (Wildman–Crippen LogP) is 5.14. The first-order valence-corrected chi connectivity index (χ1v) is 9.74. The highest BCUT2D eigenvalue weighted by molar-refractivity contribution is 7.98. The second-order valence-corrected chi connectivity index (χ2v) is 7.33. The number of para-hydroxylation sites is 1. The highest BCUT2D eigenvalue weighted by Crippen LogP contribution is 2.33. The summed E-state index contributed by atoms with van der Waals surface area (Å²) in [6.07, 6.45) is 1.93. The molecule has 4 aromatic rings. The second kappa shape index (κ2) is 7.40. The van der Waals surface area contributed by atoms with Crippen molar-refractivity contribution in [2.24, 2.45) is 0 Å². The first-order chi connectivity index (χ1) is 13.1. The number of rotatable bonds is 5. The van der Waals surface area contributed by atoms with Crippen molar-refractivity contribution in [2.75, 3.05) is 0 Å². The molecule has 0 aliphatic carbocycles. The molecule has 0 aliphatic heterocycles. The third-order valence-electron chi connectivity index (χ3n) is 4.36. The van der Waals surface area contributed by atoms with E-state index in [4.69, 9.17) is 9.51 Å². The molecular weight excluding hydrogens is 356 g/mol. The van der Waals surface area contributed by atoms with Gasteiger partial charge in [-0.2, -0.15) is 4.98 Å². The van der Waals surface area contributed by atoms with Gasteiger partial charge in [-0.25, -0.2) is 4.98 Å². The van der Waals surface area contributed by atoms with Gasteiger partial charge >= 0.3 is 0 Å². The fourth-order valence-electron chi connectivity index (χ4n) is 3.15. The number of aryl methyl sites for hydroxylation is 3. The van der Waals surface area contributed by atoms with Crippen LogP contribution in [0.4, 0.5) is 0 Å². The Balaban J connectivity index is 1.81. The maximum absolute atomic E-state index is 5.25. The molecule has 0 amide bonds. The van der Waals surface area contributed by atoms with Crippen molar-refractivity contribution in [1.29, 1.82) is 0 Å². The molecule has 0 atom stereocenters. The molecule has 0 aliphatic rings. The maximum atomic E-state index is 5.25. The summed E-state index contributed by atoms with van der Waals surface area (Å²) >= 11 is 1.60. The number of benzene rings is 2. The van der Waals surface area contributed by atoms with Crippen molar-refractivity contribution >= 4 is 11.8 Å². The van der Waals surface area contributed by atoms with Gasteiger partial charge in [0.15, 0.2) is 11.0 Å². The van der Waals surface area contributed by atoms with Crippen LogP contribution in [0.15, 0.2) is 64.4 Å². The van der Waals surface area contributed by atoms with E-state index < -0.39 is 0 Å². The summed E-state index contributed by atoms with van der Waals surface area (Å²) < 4.78 is 7.48. The molecule has 4 rings (SSSR count). The third-order valence-corrected chi connectivity index (χ3v) is 5.29. The number of thioether (sulfide) groups is 1. The van der Waals surface area contributed by atoms with Crippen LogP contribution in [-0.2, 0) is 5.75 Å². The van der Waals surface area contributed by atoms with Gasteiger partial charge in [-0.3, -0.25) is 4.57 Å². The molecule has 2 aromatic heterocycles. The molecule has 0 radical (unpaired) electrons. The lowest BCUT2D eigenvalue weighted by Gasteiger charge is -2.16. The molecule has 136 valence electrons. The molecule has 0 bridgehead atoms. The molecule has 27 heavy (non-hydrogen) atoms. The molecule has 0 saturated heterocycles. The monoisotopic (exact) mass is 376 g/mol. The minimum atomic E-state index is 0.580. The highest BCUT2D eigenvalue weighted by Gasteiger charge is 2.18. The molecule has 0 N–H and O–H groups in total. The third kappa shape index (κ3) is 3.53. The Morgan fingerprint density at radius 2 is 1.70 bits per heavy atom. The van der Waals surface area contributed by atoms with Gasteiger partial charge in [0, 0.05) is 5.56 Å². The average molecular weight is 376 g/mol. The van der Waals surface area contributed by atoms with Crippen LogP contribution in [-0.4, -0.2) is 19.7 Å². The summed E-state index contributed by atoms with van der Waals surface area (Å²) in [4.78, 5) is 9.00. The van der Waals surface area contributed by atoms with Crippen LogP contribution in [0.25, 0.3) is 16.9 Å². The first kappa shape index (κ1) is 17.5. The Kier molecular flexibility index (Phi) is 4.81. The summed E-state index contributed by atoms with van der Waals surface area (Å²) in [6.45, 7) is 6.09. The fraction of sp³-hybridized carbons (Fsp3) is 0.190. The molecule has 2 heterocycles. The van der Waals surface area contributed by atoms with E-state index in [9.17, 15) is 0 Å². The molecule has 0 unspecified atom stereocenters. The SMILES string of the molecule is Cc1noc(CSc2ncc(-c3ccccc3)n2-c2c(C)cccc2C)n1. The molecule has 0 saturated carbocycles. The smallest absolute Gasteiger partial charge is 0.237 e. The predicted molar refractivity (Wildman–Crippen MR) is 107 cm³/mol. The van der Waals surface area contributed by atoms with Crippen LogP contribution in [0.1, 0.15) is 22.8 Å². The van der Waals surface area contributed by atoms with Gasteiger partial charge in [0.25, 0.3) is 0 Å². The van der Waals surface area contributed by atoms with Gasteiger partial charge in [0.1, 0.15) is 0 Å². The summed E-state index contributed by atoms with van der Waals surface area (Å²) in [7, 11) is 0. The van der Waals surface area contributed by atoms with Crippen LogP contribution in [0, 0.1) is 20.8 Å². The summed E-state index contributed by atoms with van der Waals surface area (Å²) in [5.74, 6) is 1.83. The molecule has 5 nitrogen and oxygen atoms in total. The molecule has 6 heteroatoms. The summed E-state index contributed by atoms with van der Waals surface area (Å²) in [5, 5.41) is 4.77. The normalized spacial score (nSPS) is 11.1. The van der Waals surface area contributed by atoms with Crippen LogP contribution in [0.5, 0.6) is 0 Å². The van der Waals surface area contributed by atoms with E-state index in [-0.39, 0.29) is 0 Å². The first-order valence-electron chi connectivity index (χ1n) is 8.75. The molecule has 0 spiro atoms. The van der Waals surface area contributed by atoms with Crippen LogP contribution >= 0.6 is 11.8 Å². The van der Waals surface area contributed by atoms with Gasteiger partial charge in [-0.05, 0) is 31.9 Å². The quantitative estimate of drug-likeness (QED) is 0.451. The lowest BCUT2D eigenvalue weighted by Crippen LogP contribution is -2.04. The standard InChI is InChI=1S/C21H20N4OS/c1-14-8-7-9-15(2)20(14)25-18(17-10-5-4-6-11-17)12-22-21(25)27-13-19-23-16(3)24-26-19/h4-12H,13H2,1-3H3. The van der Waals surface area contributed by atoms with E-state index >= 15 is 0 Å². The van der Waals surface area contributed by atoms with Gasteiger partial charge in [0.2, 0.25) is 5.89 Å². The number of hydrogen-bond acceptors (Lipinski definition) is 5. The Morgan fingerprint density at radius 3 is 2.37 bits per heavy atom. The van der Waals surface area contributed by atoms with Crippen LogP contribution in [0.2, 0.25) is 0 Å². The number of nitrogens with zero attached hydrogens (tertiary/aromatic N) is 4. The molecule has 2 aromatic carbocycles. The fourth-order valence-corrected chi connectivity index (χ4v) is 3.96. The zero-order chi connectivity index (χ0) is 18.8. The zero-order valence-corrected chi connectivity index (χ0v) is 16.3. The minimum absolute atomic E-state index is 0.580. The van der Waals surface area contributed by atoms with E-state index in [1.807, 2.05) is 31.3 Å². The van der Waals surface area contributed by atoms with E-state index in [2.05, 4.69) is 58.9 Å². The van der Waals surface area contributed by atoms with Crippen LogP contribution < -0.4 is 0 Å². The van der Waals surface area contributed by atoms with Crippen molar-refractivity contribution in [1.82, 2.24) is 19.7 Å². The van der Waals surface area contributed by atoms with E-state index in [0.717, 1.165) is 22.1 Å². The topological polar surface area (TPSA) is 56.7 Å². The van der Waals surface area contributed by atoms with E-state index in [1.165, 1.54) is 11.1 Å². The van der Waals surface area contributed by atoms with Crippen molar-refractivity contribution < 1.29 is 4.52 Å². The van der Waals surface area contributed by atoms with Crippen molar-refractivity contribution in [3.63, 3.8) is 0 Å². The Morgan fingerprint density at radius 1 is 0.963 bits per heavy atom. The highest BCUT2D eigenvalue weighted by atomic mass is 32.2. The summed E-state index contributed by atoms with van der Waals surface area (Å²) in [6, 6.07) is 16.7. The zero-order valence-electron chi connectivity index (χ0n) is 15.5. The van der Waals surface area contributed by atoms with Crippen molar-refractivity contribution in [3.05, 3.63) is 77.6 Å². The average Bonchev–Trinajstić information content (AvgIpc) is 3.27. The Hall–Kier alpha value is -2.86. The van der Waals surface area contributed by atoms with Gasteiger partial charge in [-0.1, -0.05) is 65.4 Å². The van der Waals surface area contributed by atoms with E-state index in [0.29, 0.717) is 17.5 Å². The van der Waals surface area contributed by atoms with Crippen LogP contribution in [0.3, 0.4) is 0 Å². The Labute approximate surface area is 162 Å². The number of imidazole rings is 1. The largest absolute Gasteiger partial charge is 0.338 e. The van der Waals surface area contributed by atoms with Crippen molar-refractivity contribution in [2.45, 2.75) is 31.7 Å². The van der Waals surface area contributed by atoms with Gasteiger partial charge in [0.05, 0.1) is 23.3 Å². The number of aromatic nitrogens is 4. The van der Waals surface area contributed by atoms with Crippen molar-refractivity contribution in [3.8, 4) is 16.9 Å². The van der Waals surface area contributed by atoms with Gasteiger partial charge in [-0.15, -0.1) is 0 Å². The minimum Gasteiger partial charge on any atom is -0.338 e. The van der Waals surface area contributed by atoms with E-state index in [1.54, 1.807) is 11.8 Å². The Bertz CT molecular complexity index is 1050. The molecule has 0 fully saturated rings. The lowest BCUT2D eigenvalue weighted by molar-refractivity contribution is 0.387. The lowest BCUT2D eigenvalue weighted by atomic mass is 10.1. The number of hydrogen-bond donors (Lipinski definition) is 0. The maximum Gasteiger partial charge on any atom is 0.237 e. The van der Waals surface area contributed by atoms with Gasteiger partial charge < -0.3 is 4.52 Å². The summed E-state index contributed by atoms with van der Waals surface area (Å²) in [5.41, 5.74) is 5.78.